The minimum absolute atomic E-state index is 0.216. The van der Waals surface area contributed by atoms with Gasteiger partial charge < -0.3 is 4.90 Å². The number of nitrogens with zero attached hydrogens (tertiary/aromatic N) is 2. The molecule has 15 heavy (non-hydrogen) atoms. The van der Waals surface area contributed by atoms with Crippen molar-refractivity contribution in [3.05, 3.63) is 24.0 Å². The fourth-order valence-corrected chi connectivity index (χ4v) is 2.32. The van der Waals surface area contributed by atoms with Crippen LogP contribution in [-0.4, -0.2) is 22.8 Å². The maximum absolute atomic E-state index is 11.8. The highest BCUT2D eigenvalue weighted by atomic mass is 79.9. The summed E-state index contributed by atoms with van der Waals surface area (Å²) in [6.45, 7) is 2.80. The van der Waals surface area contributed by atoms with Gasteiger partial charge >= 0.3 is 0 Å². The molecule has 1 saturated heterocycles. The molecule has 1 fully saturated rings. The normalized spacial score (nSPS) is 21.1. The van der Waals surface area contributed by atoms with Gasteiger partial charge in [-0.15, -0.1) is 0 Å². The molecule has 2 rings (SSSR count). The number of halogens is 1. The van der Waals surface area contributed by atoms with Gasteiger partial charge in [-0.05, 0) is 24.5 Å². The van der Waals surface area contributed by atoms with Gasteiger partial charge in [0.2, 0.25) is 5.91 Å². The average Bonchev–Trinajstić information content (AvgIpc) is 2.60. The number of aryl methyl sites for hydroxylation is 1. The van der Waals surface area contributed by atoms with Crippen LogP contribution in [0, 0.1) is 12.8 Å². The molecule has 0 spiro atoms. The van der Waals surface area contributed by atoms with Crippen molar-refractivity contribution in [2.45, 2.75) is 13.3 Å². The molecule has 0 N–H and O–H groups in total. The molecule has 2 heterocycles. The lowest BCUT2D eigenvalue weighted by molar-refractivity contribution is -0.117. The summed E-state index contributed by atoms with van der Waals surface area (Å²) in [5.41, 5.74) is 2.06. The van der Waals surface area contributed by atoms with Gasteiger partial charge in [-0.25, -0.2) is 0 Å². The lowest BCUT2D eigenvalue weighted by atomic mass is 10.2. The number of aromatic nitrogens is 1. The highest BCUT2D eigenvalue weighted by Gasteiger charge is 2.30. The summed E-state index contributed by atoms with van der Waals surface area (Å²) in [5.74, 6) is 0.652. The van der Waals surface area contributed by atoms with Gasteiger partial charge in [0.25, 0.3) is 0 Å². The van der Waals surface area contributed by atoms with Gasteiger partial charge in [0.05, 0.1) is 0 Å². The van der Waals surface area contributed by atoms with Crippen LogP contribution in [0.3, 0.4) is 0 Å². The van der Waals surface area contributed by atoms with Crippen LogP contribution in [0.1, 0.15) is 12.0 Å². The van der Waals surface area contributed by atoms with Crippen molar-refractivity contribution in [2.24, 2.45) is 5.92 Å². The van der Waals surface area contributed by atoms with E-state index in [9.17, 15) is 4.79 Å². The lowest BCUT2D eigenvalue weighted by Gasteiger charge is -2.18. The van der Waals surface area contributed by atoms with E-state index in [1.807, 2.05) is 17.9 Å². The zero-order valence-corrected chi connectivity index (χ0v) is 10.2. The zero-order chi connectivity index (χ0) is 10.8. The molecule has 0 aromatic carbocycles. The molecular formula is C11H13BrN2O. The molecule has 0 aliphatic carbocycles. The number of hydrogen-bond acceptors (Lipinski definition) is 2. The Morgan fingerprint density at radius 3 is 3.07 bits per heavy atom. The second kappa shape index (κ2) is 4.31. The van der Waals surface area contributed by atoms with Gasteiger partial charge in [-0.3, -0.25) is 9.78 Å². The number of hydrogen-bond donors (Lipinski definition) is 0. The standard InChI is InChI=1S/C11H13BrN2O/c1-8-6-13-3-2-10(8)14-7-9(5-12)4-11(14)15/h2-3,6,9H,4-5,7H2,1H3. The van der Waals surface area contributed by atoms with Crippen molar-refractivity contribution in [1.82, 2.24) is 4.98 Å². The van der Waals surface area contributed by atoms with Crippen LogP contribution >= 0.6 is 15.9 Å². The fraction of sp³-hybridized carbons (Fsp3) is 0.455. The third-order valence-corrected chi connectivity index (χ3v) is 3.62. The average molecular weight is 269 g/mol. The van der Waals surface area contributed by atoms with Gasteiger partial charge in [-0.1, -0.05) is 15.9 Å². The number of alkyl halides is 1. The molecule has 1 aromatic rings. The van der Waals surface area contributed by atoms with E-state index in [1.165, 1.54) is 0 Å². The van der Waals surface area contributed by atoms with Crippen LogP contribution in [0.15, 0.2) is 18.5 Å². The smallest absolute Gasteiger partial charge is 0.227 e. The molecule has 1 unspecified atom stereocenters. The van der Waals surface area contributed by atoms with Crippen molar-refractivity contribution in [3.63, 3.8) is 0 Å². The third-order valence-electron chi connectivity index (χ3n) is 2.70. The lowest BCUT2D eigenvalue weighted by Crippen LogP contribution is -2.25. The molecule has 0 bridgehead atoms. The number of amides is 1. The van der Waals surface area contributed by atoms with E-state index < -0.39 is 0 Å². The summed E-state index contributed by atoms with van der Waals surface area (Å²) in [4.78, 5) is 17.7. The second-order valence-electron chi connectivity index (χ2n) is 3.89. The summed E-state index contributed by atoms with van der Waals surface area (Å²) in [6, 6.07) is 1.91. The predicted molar refractivity (Wildman–Crippen MR) is 63.2 cm³/mol. The summed E-state index contributed by atoms with van der Waals surface area (Å²) < 4.78 is 0. The van der Waals surface area contributed by atoms with Crippen molar-refractivity contribution < 1.29 is 4.79 Å². The molecule has 1 atom stereocenters. The van der Waals surface area contributed by atoms with Gasteiger partial charge in [-0.2, -0.15) is 0 Å². The Labute approximate surface area is 97.6 Å². The van der Waals surface area contributed by atoms with Crippen molar-refractivity contribution in [1.29, 1.82) is 0 Å². The highest BCUT2D eigenvalue weighted by molar-refractivity contribution is 9.09. The van der Waals surface area contributed by atoms with Gasteiger partial charge in [0.1, 0.15) is 0 Å². The number of rotatable bonds is 2. The Morgan fingerprint density at radius 1 is 1.67 bits per heavy atom. The molecule has 1 aliphatic rings. The quantitative estimate of drug-likeness (QED) is 0.771. The van der Waals surface area contributed by atoms with Crippen LogP contribution in [0.5, 0.6) is 0 Å². The van der Waals surface area contributed by atoms with Crippen LogP contribution in [0.2, 0.25) is 0 Å². The summed E-state index contributed by atoms with van der Waals surface area (Å²) in [7, 11) is 0. The van der Waals surface area contributed by atoms with E-state index in [-0.39, 0.29) is 5.91 Å². The molecule has 3 nitrogen and oxygen atoms in total. The Balaban J connectivity index is 2.25. The SMILES string of the molecule is Cc1cnccc1N1CC(CBr)CC1=O. The maximum atomic E-state index is 11.8. The van der Waals surface area contributed by atoms with E-state index in [4.69, 9.17) is 0 Å². The summed E-state index contributed by atoms with van der Waals surface area (Å²) >= 11 is 3.43. The molecule has 4 heteroatoms. The number of carbonyl (C=O) groups is 1. The fourth-order valence-electron chi connectivity index (χ4n) is 1.89. The molecule has 1 aromatic heterocycles. The van der Waals surface area contributed by atoms with E-state index in [1.54, 1.807) is 12.4 Å². The Morgan fingerprint density at radius 2 is 2.47 bits per heavy atom. The molecule has 80 valence electrons. The number of anilines is 1. The van der Waals surface area contributed by atoms with Crippen molar-refractivity contribution in [3.8, 4) is 0 Å². The first kappa shape index (κ1) is 10.6. The molecule has 1 aliphatic heterocycles. The molecule has 0 radical (unpaired) electrons. The zero-order valence-electron chi connectivity index (χ0n) is 8.61. The Kier molecular flexibility index (Phi) is 3.05. The van der Waals surface area contributed by atoms with Crippen molar-refractivity contribution >= 4 is 27.5 Å². The largest absolute Gasteiger partial charge is 0.312 e. The first-order valence-corrected chi connectivity index (χ1v) is 6.11. The number of pyridine rings is 1. The highest BCUT2D eigenvalue weighted by Crippen LogP contribution is 2.27. The summed E-state index contributed by atoms with van der Waals surface area (Å²) in [5, 5.41) is 0.888. The molecular weight excluding hydrogens is 256 g/mol. The van der Waals surface area contributed by atoms with Gasteiger partial charge in [0.15, 0.2) is 0 Å². The first-order valence-electron chi connectivity index (χ1n) is 4.99. The Hall–Kier alpha value is -0.900. The van der Waals surface area contributed by atoms with Crippen LogP contribution in [0.4, 0.5) is 5.69 Å². The van der Waals surface area contributed by atoms with E-state index >= 15 is 0 Å². The van der Waals surface area contributed by atoms with E-state index in [0.717, 1.165) is 23.1 Å². The van der Waals surface area contributed by atoms with Crippen molar-refractivity contribution in [2.75, 3.05) is 16.8 Å². The number of carbonyl (C=O) groups excluding carboxylic acids is 1. The maximum Gasteiger partial charge on any atom is 0.227 e. The van der Waals surface area contributed by atoms with Crippen LogP contribution in [-0.2, 0) is 4.79 Å². The minimum atomic E-state index is 0.216. The first-order chi connectivity index (χ1) is 7.22. The second-order valence-corrected chi connectivity index (χ2v) is 4.54. The van der Waals surface area contributed by atoms with Gasteiger partial charge in [0, 0.05) is 36.4 Å². The van der Waals surface area contributed by atoms with Crippen LogP contribution < -0.4 is 4.90 Å². The minimum Gasteiger partial charge on any atom is -0.312 e. The third kappa shape index (κ3) is 2.04. The predicted octanol–water partition coefficient (Wildman–Crippen LogP) is 2.14. The topological polar surface area (TPSA) is 33.2 Å². The monoisotopic (exact) mass is 268 g/mol. The van der Waals surface area contributed by atoms with Crippen LogP contribution in [0.25, 0.3) is 0 Å². The van der Waals surface area contributed by atoms with E-state index in [0.29, 0.717) is 12.3 Å². The molecule has 0 saturated carbocycles. The Bertz CT molecular complexity index is 381. The van der Waals surface area contributed by atoms with E-state index in [2.05, 4.69) is 20.9 Å². The molecule has 1 amide bonds. The summed E-state index contributed by atoms with van der Waals surface area (Å²) in [6.07, 6.45) is 4.17.